The highest BCUT2D eigenvalue weighted by Gasteiger charge is 2.14. The second-order valence-electron chi connectivity index (χ2n) is 6.50. The zero-order valence-corrected chi connectivity index (χ0v) is 18.1. The average Bonchev–Trinajstić information content (AvgIpc) is 3.19. The molecule has 3 aromatic rings. The highest BCUT2D eigenvalue weighted by atomic mass is 35.5. The number of nitrogens with zero attached hydrogens (tertiary/aromatic N) is 1. The number of rotatable bonds is 9. The van der Waals surface area contributed by atoms with Gasteiger partial charge >= 0.3 is 0 Å². The minimum absolute atomic E-state index is 0.113. The number of hydrogen-bond acceptors (Lipinski definition) is 5. The van der Waals surface area contributed by atoms with Gasteiger partial charge in [0.05, 0.1) is 23.4 Å². The SMILES string of the molecule is CCCNC(=O)c1ccccc1NC(=O)Cc1csc(COc2ccc(Cl)cc2)n1. The van der Waals surface area contributed by atoms with Crippen molar-refractivity contribution in [1.82, 2.24) is 10.3 Å². The van der Waals surface area contributed by atoms with E-state index < -0.39 is 0 Å². The van der Waals surface area contributed by atoms with Gasteiger partial charge in [0.2, 0.25) is 5.91 Å². The zero-order chi connectivity index (χ0) is 21.3. The van der Waals surface area contributed by atoms with Crippen LogP contribution in [0.15, 0.2) is 53.9 Å². The topological polar surface area (TPSA) is 80.3 Å². The van der Waals surface area contributed by atoms with Crippen LogP contribution in [0.5, 0.6) is 5.75 Å². The van der Waals surface area contributed by atoms with Crippen LogP contribution in [-0.4, -0.2) is 23.3 Å². The van der Waals surface area contributed by atoms with E-state index in [0.29, 0.717) is 40.9 Å². The van der Waals surface area contributed by atoms with Crippen LogP contribution in [0.1, 0.15) is 34.4 Å². The van der Waals surface area contributed by atoms with E-state index in [9.17, 15) is 9.59 Å². The summed E-state index contributed by atoms with van der Waals surface area (Å²) in [7, 11) is 0. The molecule has 1 heterocycles. The largest absolute Gasteiger partial charge is 0.486 e. The monoisotopic (exact) mass is 443 g/mol. The Hall–Kier alpha value is -2.90. The van der Waals surface area contributed by atoms with E-state index in [2.05, 4.69) is 15.6 Å². The second kappa shape index (κ2) is 10.8. The van der Waals surface area contributed by atoms with E-state index in [1.807, 2.05) is 12.3 Å². The van der Waals surface area contributed by atoms with Gasteiger partial charge in [-0.1, -0.05) is 30.7 Å². The maximum Gasteiger partial charge on any atom is 0.253 e. The molecule has 0 unspecified atom stereocenters. The average molecular weight is 444 g/mol. The van der Waals surface area contributed by atoms with Gasteiger partial charge in [0.15, 0.2) is 0 Å². The van der Waals surface area contributed by atoms with Crippen molar-refractivity contribution in [2.24, 2.45) is 0 Å². The highest BCUT2D eigenvalue weighted by Crippen LogP contribution is 2.19. The van der Waals surface area contributed by atoms with Gasteiger partial charge in [0, 0.05) is 16.9 Å². The lowest BCUT2D eigenvalue weighted by atomic mass is 10.1. The fraction of sp³-hybridized carbons (Fsp3) is 0.227. The van der Waals surface area contributed by atoms with Gasteiger partial charge in [-0.3, -0.25) is 9.59 Å². The first-order valence-electron chi connectivity index (χ1n) is 9.54. The summed E-state index contributed by atoms with van der Waals surface area (Å²) in [5.74, 6) is 0.260. The molecule has 2 aromatic carbocycles. The second-order valence-corrected chi connectivity index (χ2v) is 7.88. The summed E-state index contributed by atoms with van der Waals surface area (Å²) in [5, 5.41) is 8.88. The molecule has 0 fully saturated rings. The molecule has 3 rings (SSSR count). The Morgan fingerprint density at radius 3 is 2.67 bits per heavy atom. The summed E-state index contributed by atoms with van der Waals surface area (Å²) in [6.07, 6.45) is 0.955. The minimum Gasteiger partial charge on any atom is -0.486 e. The highest BCUT2D eigenvalue weighted by molar-refractivity contribution is 7.09. The molecule has 0 spiro atoms. The first-order chi connectivity index (χ1) is 14.5. The number of carbonyl (C=O) groups excluding carboxylic acids is 2. The molecule has 0 aliphatic rings. The number of hydrogen-bond donors (Lipinski definition) is 2. The molecule has 0 aliphatic heterocycles. The Morgan fingerprint density at radius 1 is 1.13 bits per heavy atom. The summed E-state index contributed by atoms with van der Waals surface area (Å²) in [4.78, 5) is 29.2. The number of aromatic nitrogens is 1. The molecule has 0 bridgehead atoms. The molecule has 8 heteroatoms. The fourth-order valence-corrected chi connectivity index (χ4v) is 3.49. The Labute approximate surface area is 184 Å². The number of anilines is 1. The third-order valence-corrected chi connectivity index (χ3v) is 5.22. The summed E-state index contributed by atoms with van der Waals surface area (Å²) in [5.41, 5.74) is 1.58. The summed E-state index contributed by atoms with van der Waals surface area (Å²) < 4.78 is 5.68. The van der Waals surface area contributed by atoms with Crippen molar-refractivity contribution in [2.45, 2.75) is 26.4 Å². The van der Waals surface area contributed by atoms with E-state index >= 15 is 0 Å². The van der Waals surface area contributed by atoms with Crippen molar-refractivity contribution in [2.75, 3.05) is 11.9 Å². The molecule has 2 amide bonds. The predicted molar refractivity (Wildman–Crippen MR) is 119 cm³/mol. The Morgan fingerprint density at radius 2 is 1.90 bits per heavy atom. The van der Waals surface area contributed by atoms with Crippen LogP contribution in [0.4, 0.5) is 5.69 Å². The molecule has 0 radical (unpaired) electrons. The molecular formula is C22H22ClN3O3S. The van der Waals surface area contributed by atoms with E-state index in [1.54, 1.807) is 48.5 Å². The van der Waals surface area contributed by atoms with Crippen LogP contribution in [0.25, 0.3) is 0 Å². The first kappa shape index (κ1) is 21.8. The van der Waals surface area contributed by atoms with E-state index in [1.165, 1.54) is 11.3 Å². The van der Waals surface area contributed by atoms with Gasteiger partial charge in [-0.15, -0.1) is 11.3 Å². The van der Waals surface area contributed by atoms with Gasteiger partial charge in [0.1, 0.15) is 17.4 Å². The van der Waals surface area contributed by atoms with Gasteiger partial charge in [-0.05, 0) is 42.8 Å². The maximum atomic E-state index is 12.5. The molecule has 1 aromatic heterocycles. The number of carbonyl (C=O) groups is 2. The Balaban J connectivity index is 1.56. The van der Waals surface area contributed by atoms with Crippen molar-refractivity contribution in [1.29, 1.82) is 0 Å². The predicted octanol–water partition coefficient (Wildman–Crippen LogP) is 4.70. The number of ether oxygens (including phenoxy) is 1. The zero-order valence-electron chi connectivity index (χ0n) is 16.5. The molecule has 0 atom stereocenters. The minimum atomic E-state index is -0.235. The van der Waals surface area contributed by atoms with Gasteiger partial charge in [0.25, 0.3) is 5.91 Å². The molecule has 6 nitrogen and oxygen atoms in total. The standard InChI is InChI=1S/C22H22ClN3O3S/c1-2-11-24-22(28)18-5-3-4-6-19(18)26-20(27)12-16-14-30-21(25-16)13-29-17-9-7-15(23)8-10-17/h3-10,14H,2,11-13H2,1H3,(H,24,28)(H,26,27). The van der Waals surface area contributed by atoms with Crippen LogP contribution in [0, 0.1) is 0 Å². The smallest absolute Gasteiger partial charge is 0.253 e. The van der Waals surface area contributed by atoms with Crippen LogP contribution in [0.2, 0.25) is 5.02 Å². The van der Waals surface area contributed by atoms with Gasteiger partial charge < -0.3 is 15.4 Å². The van der Waals surface area contributed by atoms with Crippen LogP contribution < -0.4 is 15.4 Å². The van der Waals surface area contributed by atoms with E-state index in [-0.39, 0.29) is 18.2 Å². The van der Waals surface area contributed by atoms with Crippen molar-refractivity contribution in [3.63, 3.8) is 0 Å². The lowest BCUT2D eigenvalue weighted by molar-refractivity contribution is -0.115. The third-order valence-electron chi connectivity index (χ3n) is 4.10. The van der Waals surface area contributed by atoms with Crippen LogP contribution >= 0.6 is 22.9 Å². The molecule has 30 heavy (non-hydrogen) atoms. The molecule has 156 valence electrons. The Bertz CT molecular complexity index is 1000. The summed E-state index contributed by atoms with van der Waals surface area (Å²) >= 11 is 7.29. The quantitative estimate of drug-likeness (QED) is 0.502. The van der Waals surface area contributed by atoms with Gasteiger partial charge in [-0.2, -0.15) is 0 Å². The number of benzene rings is 2. The van der Waals surface area contributed by atoms with Crippen molar-refractivity contribution in [3.05, 3.63) is 75.2 Å². The third kappa shape index (κ3) is 6.30. The summed E-state index contributed by atoms with van der Waals surface area (Å²) in [6, 6.07) is 14.0. The van der Waals surface area contributed by atoms with E-state index in [0.717, 1.165) is 11.4 Å². The molecule has 2 N–H and O–H groups in total. The number of amides is 2. The normalized spacial score (nSPS) is 10.5. The number of halogens is 1. The summed E-state index contributed by atoms with van der Waals surface area (Å²) in [6.45, 7) is 2.88. The number of nitrogens with one attached hydrogen (secondary N) is 2. The Kier molecular flexibility index (Phi) is 7.82. The van der Waals surface area contributed by atoms with Crippen LogP contribution in [-0.2, 0) is 17.8 Å². The molecule has 0 aliphatic carbocycles. The molecule has 0 saturated carbocycles. The first-order valence-corrected chi connectivity index (χ1v) is 10.8. The van der Waals surface area contributed by atoms with Crippen LogP contribution in [0.3, 0.4) is 0 Å². The maximum absolute atomic E-state index is 12.5. The van der Waals surface area contributed by atoms with Gasteiger partial charge in [-0.25, -0.2) is 4.98 Å². The van der Waals surface area contributed by atoms with E-state index in [4.69, 9.17) is 16.3 Å². The lowest BCUT2D eigenvalue weighted by Gasteiger charge is -2.10. The lowest BCUT2D eigenvalue weighted by Crippen LogP contribution is -2.26. The molecule has 0 saturated heterocycles. The van der Waals surface area contributed by atoms with Crippen molar-refractivity contribution >= 4 is 40.4 Å². The van der Waals surface area contributed by atoms with Crippen molar-refractivity contribution < 1.29 is 14.3 Å². The number of para-hydroxylation sites is 1. The number of thiazole rings is 1. The molecular weight excluding hydrogens is 422 g/mol. The fourth-order valence-electron chi connectivity index (χ4n) is 2.66. The van der Waals surface area contributed by atoms with Crippen molar-refractivity contribution in [3.8, 4) is 5.75 Å².